The summed E-state index contributed by atoms with van der Waals surface area (Å²) in [6.07, 6.45) is 0. The topological polar surface area (TPSA) is 86.7 Å². The van der Waals surface area contributed by atoms with Crippen LogP contribution >= 0.6 is 0 Å². The highest BCUT2D eigenvalue weighted by molar-refractivity contribution is 5.80. The SMILES string of the molecule is Cc1ccc(-c2ccccc2-c2nnnn2Cc2ccc([N+](=O)[O-])cc2)cc1. The second kappa shape index (κ2) is 7.40. The first-order chi connectivity index (χ1) is 13.6. The maximum absolute atomic E-state index is 10.8. The number of nitrogens with zero attached hydrogens (tertiary/aromatic N) is 5. The zero-order chi connectivity index (χ0) is 19.5. The molecule has 0 N–H and O–H groups in total. The molecule has 0 fully saturated rings. The van der Waals surface area contributed by atoms with Crippen molar-refractivity contribution in [3.05, 3.63) is 94.0 Å². The van der Waals surface area contributed by atoms with Gasteiger partial charge in [-0.2, -0.15) is 0 Å². The Balaban J connectivity index is 1.70. The van der Waals surface area contributed by atoms with Gasteiger partial charge in [-0.25, -0.2) is 4.68 Å². The minimum absolute atomic E-state index is 0.0606. The summed E-state index contributed by atoms with van der Waals surface area (Å²) >= 11 is 0. The van der Waals surface area contributed by atoms with Crippen molar-refractivity contribution in [2.45, 2.75) is 13.5 Å². The Bertz CT molecular complexity index is 1120. The largest absolute Gasteiger partial charge is 0.269 e. The lowest BCUT2D eigenvalue weighted by molar-refractivity contribution is -0.384. The molecule has 0 aliphatic heterocycles. The van der Waals surface area contributed by atoms with Crippen molar-refractivity contribution in [3.63, 3.8) is 0 Å². The molecule has 28 heavy (non-hydrogen) atoms. The second-order valence-electron chi connectivity index (χ2n) is 6.50. The second-order valence-corrected chi connectivity index (χ2v) is 6.50. The molecule has 0 radical (unpaired) electrons. The summed E-state index contributed by atoms with van der Waals surface area (Å²) in [7, 11) is 0. The summed E-state index contributed by atoms with van der Waals surface area (Å²) in [5, 5.41) is 23.0. The molecule has 0 saturated heterocycles. The molecule has 0 bridgehead atoms. The predicted octanol–water partition coefficient (Wildman–Crippen LogP) is 4.27. The molecule has 138 valence electrons. The normalized spacial score (nSPS) is 10.8. The number of aromatic nitrogens is 4. The Morgan fingerprint density at radius 1 is 0.929 bits per heavy atom. The van der Waals surface area contributed by atoms with E-state index in [1.807, 2.05) is 24.3 Å². The Hall–Kier alpha value is -3.87. The van der Waals surface area contributed by atoms with Gasteiger partial charge in [-0.15, -0.1) is 5.10 Å². The third-order valence-corrected chi connectivity index (χ3v) is 4.54. The smallest absolute Gasteiger partial charge is 0.258 e. The van der Waals surface area contributed by atoms with Crippen LogP contribution in [0.5, 0.6) is 0 Å². The van der Waals surface area contributed by atoms with Crippen LogP contribution in [0.4, 0.5) is 5.69 Å². The minimum Gasteiger partial charge on any atom is -0.258 e. The lowest BCUT2D eigenvalue weighted by Crippen LogP contribution is -2.05. The average Bonchev–Trinajstić information content (AvgIpc) is 3.17. The summed E-state index contributed by atoms with van der Waals surface area (Å²) in [6.45, 7) is 2.48. The number of non-ortho nitro benzene ring substituents is 1. The van der Waals surface area contributed by atoms with Crippen LogP contribution in [0.1, 0.15) is 11.1 Å². The van der Waals surface area contributed by atoms with Gasteiger partial charge in [0.25, 0.3) is 5.69 Å². The summed E-state index contributed by atoms with van der Waals surface area (Å²) < 4.78 is 1.70. The molecule has 0 aliphatic rings. The lowest BCUT2D eigenvalue weighted by Gasteiger charge is -2.10. The number of tetrazole rings is 1. The molecular weight excluding hydrogens is 354 g/mol. The van der Waals surface area contributed by atoms with Gasteiger partial charge in [0.2, 0.25) is 0 Å². The molecule has 0 amide bonds. The molecule has 7 nitrogen and oxygen atoms in total. The Labute approximate surface area is 161 Å². The number of rotatable bonds is 5. The zero-order valence-corrected chi connectivity index (χ0v) is 15.2. The maximum atomic E-state index is 10.8. The third-order valence-electron chi connectivity index (χ3n) is 4.54. The van der Waals surface area contributed by atoms with Gasteiger partial charge in [0.05, 0.1) is 11.5 Å². The van der Waals surface area contributed by atoms with Crippen LogP contribution in [-0.2, 0) is 6.54 Å². The molecule has 1 aromatic heterocycles. The van der Waals surface area contributed by atoms with E-state index in [4.69, 9.17) is 0 Å². The highest BCUT2D eigenvalue weighted by atomic mass is 16.6. The van der Waals surface area contributed by atoms with Crippen LogP contribution < -0.4 is 0 Å². The minimum atomic E-state index is -0.413. The first-order valence-electron chi connectivity index (χ1n) is 8.78. The van der Waals surface area contributed by atoms with Crippen molar-refractivity contribution >= 4 is 5.69 Å². The fraction of sp³-hybridized carbons (Fsp3) is 0.0952. The Morgan fingerprint density at radius 2 is 1.61 bits per heavy atom. The monoisotopic (exact) mass is 371 g/mol. The van der Waals surface area contributed by atoms with Crippen molar-refractivity contribution in [2.24, 2.45) is 0 Å². The van der Waals surface area contributed by atoms with E-state index < -0.39 is 4.92 Å². The van der Waals surface area contributed by atoms with Crippen LogP contribution in [0.25, 0.3) is 22.5 Å². The number of benzene rings is 3. The first kappa shape index (κ1) is 17.5. The van der Waals surface area contributed by atoms with E-state index in [1.54, 1.807) is 16.8 Å². The van der Waals surface area contributed by atoms with E-state index in [0.29, 0.717) is 12.4 Å². The van der Waals surface area contributed by atoms with E-state index in [9.17, 15) is 10.1 Å². The van der Waals surface area contributed by atoms with Crippen molar-refractivity contribution in [2.75, 3.05) is 0 Å². The predicted molar refractivity (Wildman–Crippen MR) is 106 cm³/mol. The van der Waals surface area contributed by atoms with E-state index in [0.717, 1.165) is 22.3 Å². The number of nitro groups is 1. The number of hydrogen-bond acceptors (Lipinski definition) is 5. The third kappa shape index (κ3) is 3.50. The van der Waals surface area contributed by atoms with Crippen LogP contribution in [0.15, 0.2) is 72.8 Å². The fourth-order valence-corrected chi connectivity index (χ4v) is 3.06. The van der Waals surface area contributed by atoms with Crippen LogP contribution in [0, 0.1) is 17.0 Å². The van der Waals surface area contributed by atoms with Gasteiger partial charge in [-0.05, 0) is 34.0 Å². The first-order valence-corrected chi connectivity index (χ1v) is 8.78. The number of hydrogen-bond donors (Lipinski definition) is 0. The molecule has 7 heteroatoms. The van der Waals surface area contributed by atoms with E-state index in [2.05, 4.69) is 46.7 Å². The van der Waals surface area contributed by atoms with Crippen LogP contribution in [0.2, 0.25) is 0 Å². The fourth-order valence-electron chi connectivity index (χ4n) is 3.06. The van der Waals surface area contributed by atoms with Crippen molar-refractivity contribution in [3.8, 4) is 22.5 Å². The zero-order valence-electron chi connectivity index (χ0n) is 15.2. The molecule has 0 spiro atoms. The quantitative estimate of drug-likeness (QED) is 0.386. The van der Waals surface area contributed by atoms with Crippen molar-refractivity contribution in [1.82, 2.24) is 20.2 Å². The number of aryl methyl sites for hydroxylation is 1. The van der Waals surface area contributed by atoms with Gasteiger partial charge < -0.3 is 0 Å². The summed E-state index contributed by atoms with van der Waals surface area (Å²) in [6, 6.07) is 22.7. The van der Waals surface area contributed by atoms with Crippen molar-refractivity contribution < 1.29 is 4.92 Å². The average molecular weight is 371 g/mol. The van der Waals surface area contributed by atoms with Crippen LogP contribution in [0.3, 0.4) is 0 Å². The molecule has 4 rings (SSSR count). The van der Waals surface area contributed by atoms with E-state index >= 15 is 0 Å². The highest BCUT2D eigenvalue weighted by Crippen LogP contribution is 2.31. The highest BCUT2D eigenvalue weighted by Gasteiger charge is 2.15. The van der Waals surface area contributed by atoms with Gasteiger partial charge in [0.15, 0.2) is 5.82 Å². The summed E-state index contributed by atoms with van der Waals surface area (Å²) in [4.78, 5) is 10.4. The molecule has 3 aromatic carbocycles. The molecule has 0 atom stereocenters. The van der Waals surface area contributed by atoms with Gasteiger partial charge in [-0.3, -0.25) is 10.1 Å². The molecule has 0 aliphatic carbocycles. The standard InChI is InChI=1S/C21H17N5O2/c1-15-6-10-17(11-7-15)19-4-2-3-5-20(19)21-22-23-24-25(21)14-16-8-12-18(13-9-16)26(27)28/h2-13H,14H2,1H3. The maximum Gasteiger partial charge on any atom is 0.269 e. The van der Waals surface area contributed by atoms with Crippen LogP contribution in [-0.4, -0.2) is 25.1 Å². The van der Waals surface area contributed by atoms with Gasteiger partial charge in [0, 0.05) is 17.7 Å². The van der Waals surface area contributed by atoms with Gasteiger partial charge in [0.1, 0.15) is 0 Å². The summed E-state index contributed by atoms with van der Waals surface area (Å²) in [5.74, 6) is 0.648. The molecular formula is C21H17N5O2. The molecule has 1 heterocycles. The van der Waals surface area contributed by atoms with Gasteiger partial charge in [-0.1, -0.05) is 66.2 Å². The Morgan fingerprint density at radius 3 is 2.29 bits per heavy atom. The van der Waals surface area contributed by atoms with E-state index in [1.165, 1.54) is 17.7 Å². The van der Waals surface area contributed by atoms with Gasteiger partial charge >= 0.3 is 0 Å². The summed E-state index contributed by atoms with van der Waals surface area (Å²) in [5.41, 5.74) is 5.20. The lowest BCUT2D eigenvalue weighted by atomic mass is 9.98. The Kier molecular flexibility index (Phi) is 4.63. The number of nitro benzene ring substituents is 1. The van der Waals surface area contributed by atoms with Crippen molar-refractivity contribution in [1.29, 1.82) is 0 Å². The molecule has 0 unspecified atom stereocenters. The van der Waals surface area contributed by atoms with E-state index in [-0.39, 0.29) is 5.69 Å². The molecule has 0 saturated carbocycles. The molecule has 4 aromatic rings.